The van der Waals surface area contributed by atoms with Crippen LogP contribution in [0.1, 0.15) is 79.9 Å². The maximum Gasteiger partial charge on any atom is 2.00 e. The molecule has 0 atom stereocenters. The van der Waals surface area contributed by atoms with E-state index in [1.54, 1.807) is 0 Å². The number of carbonyl (C=O) groups is 3. The number of aryl methyl sites for hydroxylation is 1. The smallest absolute Gasteiger partial charge is 0.573 e. The van der Waals surface area contributed by atoms with E-state index in [9.17, 15) is 45.8 Å². The maximum atomic E-state index is 13.2. The fraction of sp³-hybridized carbons (Fsp3) is 0.233. The van der Waals surface area contributed by atoms with Crippen molar-refractivity contribution in [2.75, 3.05) is 13.2 Å². The number of halogens is 6. The van der Waals surface area contributed by atoms with Gasteiger partial charge in [-0.2, -0.15) is 26.3 Å². The second kappa shape index (κ2) is 20.6. The van der Waals surface area contributed by atoms with Gasteiger partial charge in [-0.25, -0.2) is 19.4 Å². The molecule has 1 aliphatic rings. The minimum atomic E-state index is -4.73. The average molecular weight is 1040 g/mol. The predicted octanol–water partition coefficient (Wildman–Crippen LogP) is 9.08. The van der Waals surface area contributed by atoms with Gasteiger partial charge in [0.05, 0.1) is 60.6 Å². The van der Waals surface area contributed by atoms with Crippen molar-refractivity contribution in [3.05, 3.63) is 106 Å². The van der Waals surface area contributed by atoms with E-state index in [0.717, 1.165) is 49.1 Å². The number of aromatic nitrogens is 8. The van der Waals surface area contributed by atoms with Gasteiger partial charge >= 0.3 is 49.7 Å². The van der Waals surface area contributed by atoms with E-state index in [2.05, 4.69) is 47.3 Å². The molecule has 0 radical (unpaired) electrons. The maximum absolute atomic E-state index is 13.2. The molecule has 0 aromatic carbocycles. The van der Waals surface area contributed by atoms with Crippen molar-refractivity contribution in [1.82, 2.24) is 40.3 Å². The van der Waals surface area contributed by atoms with E-state index < -0.39 is 41.6 Å². The number of aromatic carboxylic acids is 3. The van der Waals surface area contributed by atoms with E-state index in [4.69, 9.17) is 19.7 Å². The predicted molar refractivity (Wildman–Crippen MR) is 221 cm³/mol. The number of hydrogen-bond donors (Lipinski definition) is 3. The van der Waals surface area contributed by atoms with Crippen LogP contribution >= 0.6 is 11.3 Å². The number of fused-ring (bicyclic) bond motifs is 1. The molecule has 0 saturated carbocycles. The van der Waals surface area contributed by atoms with Crippen molar-refractivity contribution in [2.24, 2.45) is 0 Å². The molecule has 0 fully saturated rings. The van der Waals surface area contributed by atoms with Crippen molar-refractivity contribution in [2.45, 2.75) is 51.4 Å². The number of hydrogen-bond acceptors (Lipinski definition) is 12. The minimum Gasteiger partial charge on any atom is -0.573 e. The summed E-state index contributed by atoms with van der Waals surface area (Å²) < 4.78 is 90.9. The Labute approximate surface area is 391 Å². The Hall–Kier alpha value is -7.07. The number of rotatable bonds is 13. The summed E-state index contributed by atoms with van der Waals surface area (Å²) in [7, 11) is 0. The van der Waals surface area contributed by atoms with Crippen molar-refractivity contribution in [3.63, 3.8) is 0 Å². The number of ether oxygens (including phenoxy) is 2. The van der Waals surface area contributed by atoms with Crippen LogP contribution in [-0.4, -0.2) is 76.6 Å². The summed E-state index contributed by atoms with van der Waals surface area (Å²) in [5.74, 6) is -2.47. The molecule has 0 unspecified atom stereocenters. The molecule has 0 amide bonds. The third kappa shape index (κ3) is 11.7. The molecule has 0 spiro atoms. The average Bonchev–Trinajstić information content (AvgIpc) is 4.08. The molecule has 3 N–H and O–H groups in total. The van der Waals surface area contributed by atoms with Crippen molar-refractivity contribution in [1.29, 1.82) is 0 Å². The van der Waals surface area contributed by atoms with E-state index >= 15 is 0 Å². The van der Waals surface area contributed by atoms with Gasteiger partial charge in [-0.05, 0) is 79.1 Å². The van der Waals surface area contributed by atoms with Crippen LogP contribution in [0, 0.1) is 0 Å². The Morgan fingerprint density at radius 3 is 1.54 bits per heavy atom. The summed E-state index contributed by atoms with van der Waals surface area (Å²) in [5.41, 5.74) is -2.02. The first-order chi connectivity index (χ1) is 31.4. The van der Waals surface area contributed by atoms with Gasteiger partial charge in [0.25, 0.3) is 0 Å². The van der Waals surface area contributed by atoms with Crippen molar-refractivity contribution in [3.8, 4) is 67.5 Å². The molecule has 16 nitrogen and oxygen atoms in total. The van der Waals surface area contributed by atoms with E-state index in [-0.39, 0.29) is 81.7 Å². The summed E-state index contributed by atoms with van der Waals surface area (Å²) in [5, 5.41) is 41.2. The van der Waals surface area contributed by atoms with Gasteiger partial charge in [-0.3, -0.25) is 15.0 Å². The zero-order valence-corrected chi connectivity index (χ0v) is 36.9. The van der Waals surface area contributed by atoms with E-state index in [1.165, 1.54) is 72.3 Å². The van der Waals surface area contributed by atoms with E-state index in [1.807, 2.05) is 0 Å². The standard InChI is InChI=1S/C25H21F6N5O2S.C18H11N3O6.Ru/c1-2-3-4-5-6-18-21-22(38-8-7-37-21)23(39-18)13-9-14(16-11-19(35-33-16)24(26,27)28)32-15(10-13)17-12-20(36-34-17)25(29,30)31;22-16(23)9-1-3-19-12(5-9)14-7-11(18(26)27)8-15(21-14)13-6-10(17(24)25)2-4-20-13;/h9-12H,2-8H2,1H3;1-8H,(H,22,23)(H,24,25)(H,26,27);/q-2;;+2. The van der Waals surface area contributed by atoms with Gasteiger partial charge < -0.3 is 45.2 Å². The SMILES string of the molecule is CCCCCCc1sc(-c2cc(-c3cc(C(F)(F)F)n[n-]3)nc(-c3cc(C(F)(F)F)n[n-]3)c2)c2c1OCCO2.O=C(O)c1ccnc(-c2cc(C(=O)O)cc(-c3cc(C(=O)O)ccn3)n2)c1.[Ru+2]. The van der Waals surface area contributed by atoms with Gasteiger partial charge in [0.1, 0.15) is 24.6 Å². The van der Waals surface area contributed by atoms with Gasteiger partial charge in [-0.1, -0.05) is 37.6 Å². The first-order valence-electron chi connectivity index (χ1n) is 19.6. The molecule has 7 aromatic heterocycles. The van der Waals surface area contributed by atoms with Crippen LogP contribution in [0.25, 0.3) is 56.0 Å². The Kier molecular flexibility index (Phi) is 15.2. The third-order valence-corrected chi connectivity index (χ3v) is 10.9. The van der Waals surface area contributed by atoms with Crippen LogP contribution in [-0.2, 0) is 38.3 Å². The molecule has 7 aromatic rings. The molecule has 1 aliphatic heterocycles. The zero-order valence-electron chi connectivity index (χ0n) is 34.4. The first-order valence-corrected chi connectivity index (χ1v) is 20.5. The zero-order chi connectivity index (χ0) is 47.3. The Morgan fingerprint density at radius 1 is 0.627 bits per heavy atom. The molecule has 348 valence electrons. The van der Waals surface area contributed by atoms with Crippen molar-refractivity contribution >= 4 is 29.2 Å². The van der Waals surface area contributed by atoms with Crippen LogP contribution in [0.3, 0.4) is 0 Å². The molecule has 0 bridgehead atoms. The largest absolute Gasteiger partial charge is 2.00 e. The molecular weight excluding hydrogens is 1000 g/mol. The second-order valence-corrected chi connectivity index (χ2v) is 15.4. The number of carboxylic acids is 3. The number of nitrogens with zero attached hydrogens (tertiary/aromatic N) is 8. The summed E-state index contributed by atoms with van der Waals surface area (Å²) in [6, 6.07) is 12.1. The number of carboxylic acid groups (broad SMARTS) is 3. The van der Waals surface area contributed by atoms with Crippen molar-refractivity contribution < 1.29 is 85.0 Å². The molecule has 8 rings (SSSR count). The molecule has 8 heterocycles. The monoisotopic (exact) mass is 1040 g/mol. The van der Waals surface area contributed by atoms with Crippen LogP contribution < -0.4 is 19.7 Å². The Balaban J connectivity index is 0.000000233. The summed E-state index contributed by atoms with van der Waals surface area (Å²) >= 11 is 1.40. The third-order valence-electron chi connectivity index (χ3n) is 9.61. The molecule has 0 saturated heterocycles. The summed E-state index contributed by atoms with van der Waals surface area (Å²) in [6.45, 7) is 2.78. The fourth-order valence-electron chi connectivity index (χ4n) is 6.44. The molecule has 24 heteroatoms. The quantitative estimate of drug-likeness (QED) is 0.0555. The van der Waals surface area contributed by atoms with E-state index in [0.29, 0.717) is 35.2 Å². The number of pyridine rings is 4. The number of unbranched alkanes of at least 4 members (excludes halogenated alkanes) is 3. The minimum absolute atomic E-state index is 0. The summed E-state index contributed by atoms with van der Waals surface area (Å²) in [6.07, 6.45) is -2.01. The Bertz CT molecular complexity index is 2790. The molecule has 67 heavy (non-hydrogen) atoms. The topological polar surface area (TPSA) is 236 Å². The van der Waals surface area contributed by atoms with Gasteiger partial charge in [0.2, 0.25) is 0 Å². The van der Waals surface area contributed by atoms with Crippen LogP contribution in [0.2, 0.25) is 0 Å². The Morgan fingerprint density at radius 2 is 1.09 bits per heavy atom. The number of alkyl halides is 6. The van der Waals surface area contributed by atoms with Gasteiger partial charge in [0.15, 0.2) is 11.5 Å². The molecule has 0 aliphatic carbocycles. The fourth-order valence-corrected chi connectivity index (χ4v) is 7.66. The molecular formula is C43H32F6N8O8RuS. The van der Waals surface area contributed by atoms with Crippen LogP contribution in [0.5, 0.6) is 11.5 Å². The second-order valence-electron chi connectivity index (χ2n) is 14.3. The van der Waals surface area contributed by atoms with Crippen LogP contribution in [0.15, 0.2) is 73.1 Å². The summed E-state index contributed by atoms with van der Waals surface area (Å²) in [4.78, 5) is 52.0. The van der Waals surface area contributed by atoms with Crippen LogP contribution in [0.4, 0.5) is 26.3 Å². The van der Waals surface area contributed by atoms with Gasteiger partial charge in [-0.15, -0.1) is 11.3 Å². The normalized spacial score (nSPS) is 12.2. The van der Waals surface area contributed by atoms with Gasteiger partial charge in [0, 0.05) is 12.4 Å². The number of thiophene rings is 1. The first kappa shape index (κ1) is 49.4.